The Morgan fingerprint density at radius 3 is 2.40 bits per heavy atom. The fourth-order valence-electron chi connectivity index (χ4n) is 3.78. The topological polar surface area (TPSA) is 35.8 Å². The van der Waals surface area contributed by atoms with Crippen LogP contribution in [0.2, 0.25) is 0 Å². The number of benzene rings is 2. The van der Waals surface area contributed by atoms with Gasteiger partial charge >= 0.3 is 0 Å². The van der Waals surface area contributed by atoms with Crippen LogP contribution in [0.5, 0.6) is 5.75 Å². The van der Waals surface area contributed by atoms with Gasteiger partial charge in [0.05, 0.1) is 11.2 Å². The lowest BCUT2D eigenvalue weighted by atomic mass is 9.87. The molecule has 3 heteroatoms. The van der Waals surface area contributed by atoms with Gasteiger partial charge < -0.3 is 10.0 Å². The quantitative estimate of drug-likeness (QED) is 0.747. The van der Waals surface area contributed by atoms with E-state index >= 15 is 0 Å². The van der Waals surface area contributed by atoms with Crippen LogP contribution >= 0.6 is 0 Å². The van der Waals surface area contributed by atoms with Crippen LogP contribution in [0.4, 0.5) is 11.4 Å². The standard InChI is InChI=1S/C22H26N2O/c1-15(2)24-21-11-6-17(12-20(21)16(3)13-22(24,4)5)14-23-18-7-9-19(25)10-8-18/h6-15,25H,1-5H3. The maximum Gasteiger partial charge on any atom is 0.115 e. The third-order valence-electron chi connectivity index (χ3n) is 4.62. The minimum atomic E-state index is 0.00684. The van der Waals surface area contributed by atoms with Crippen LogP contribution in [-0.4, -0.2) is 22.9 Å². The van der Waals surface area contributed by atoms with E-state index in [0.29, 0.717) is 6.04 Å². The summed E-state index contributed by atoms with van der Waals surface area (Å²) in [5.74, 6) is 0.255. The maximum atomic E-state index is 9.35. The van der Waals surface area contributed by atoms with Crippen LogP contribution in [0.15, 0.2) is 53.5 Å². The van der Waals surface area contributed by atoms with Gasteiger partial charge in [-0.15, -0.1) is 0 Å². The summed E-state index contributed by atoms with van der Waals surface area (Å²) in [4.78, 5) is 6.97. The van der Waals surface area contributed by atoms with Gasteiger partial charge in [-0.25, -0.2) is 0 Å². The van der Waals surface area contributed by atoms with E-state index in [1.807, 2.05) is 6.21 Å². The molecule has 25 heavy (non-hydrogen) atoms. The molecule has 0 bridgehead atoms. The van der Waals surface area contributed by atoms with Crippen LogP contribution in [0, 0.1) is 0 Å². The number of anilines is 1. The van der Waals surface area contributed by atoms with Gasteiger partial charge in [-0.05, 0) is 82.2 Å². The molecule has 0 fully saturated rings. The zero-order valence-electron chi connectivity index (χ0n) is 15.6. The van der Waals surface area contributed by atoms with Gasteiger partial charge in [-0.1, -0.05) is 12.1 Å². The summed E-state index contributed by atoms with van der Waals surface area (Å²) in [5.41, 5.74) is 5.75. The van der Waals surface area contributed by atoms with Crippen LogP contribution in [0.1, 0.15) is 45.7 Å². The van der Waals surface area contributed by atoms with Gasteiger partial charge in [-0.3, -0.25) is 4.99 Å². The number of hydrogen-bond donors (Lipinski definition) is 1. The van der Waals surface area contributed by atoms with Crippen molar-refractivity contribution in [2.75, 3.05) is 4.90 Å². The molecule has 1 aliphatic rings. The minimum absolute atomic E-state index is 0.00684. The zero-order chi connectivity index (χ0) is 18.2. The second-order valence-electron chi connectivity index (χ2n) is 7.50. The Bertz CT molecular complexity index is 830. The molecule has 0 spiro atoms. The normalized spacial score (nSPS) is 16.2. The molecule has 0 unspecified atom stereocenters. The molecule has 1 heterocycles. The summed E-state index contributed by atoms with van der Waals surface area (Å²) >= 11 is 0. The average molecular weight is 334 g/mol. The van der Waals surface area contributed by atoms with Crippen molar-refractivity contribution in [1.82, 2.24) is 0 Å². The third kappa shape index (κ3) is 3.46. The van der Waals surface area contributed by atoms with E-state index in [4.69, 9.17) is 0 Å². The summed E-state index contributed by atoms with van der Waals surface area (Å²) in [6.07, 6.45) is 4.22. The summed E-state index contributed by atoms with van der Waals surface area (Å²) in [6.45, 7) is 11.2. The van der Waals surface area contributed by atoms with E-state index in [1.165, 1.54) is 16.8 Å². The molecule has 1 aliphatic heterocycles. The lowest BCUT2D eigenvalue weighted by Crippen LogP contribution is -2.49. The molecule has 0 atom stereocenters. The number of fused-ring (bicyclic) bond motifs is 1. The molecule has 3 nitrogen and oxygen atoms in total. The molecule has 130 valence electrons. The van der Waals surface area contributed by atoms with Gasteiger partial charge in [0.2, 0.25) is 0 Å². The largest absolute Gasteiger partial charge is 0.508 e. The highest BCUT2D eigenvalue weighted by Gasteiger charge is 2.32. The number of aromatic hydroxyl groups is 1. The van der Waals surface area contributed by atoms with Crippen LogP contribution in [0.3, 0.4) is 0 Å². The highest BCUT2D eigenvalue weighted by molar-refractivity contribution is 5.88. The Labute approximate surface area is 150 Å². The molecule has 0 aliphatic carbocycles. The number of hydrogen-bond acceptors (Lipinski definition) is 3. The summed E-state index contributed by atoms with van der Waals surface area (Å²) in [6, 6.07) is 13.9. The molecule has 2 aromatic rings. The number of allylic oxidation sites excluding steroid dienone is 1. The highest BCUT2D eigenvalue weighted by atomic mass is 16.3. The van der Waals surface area contributed by atoms with Gasteiger partial charge in [0.25, 0.3) is 0 Å². The van der Waals surface area contributed by atoms with Crippen molar-refractivity contribution in [2.45, 2.75) is 46.2 Å². The van der Waals surface area contributed by atoms with Crippen LogP contribution in [-0.2, 0) is 0 Å². The Morgan fingerprint density at radius 1 is 1.08 bits per heavy atom. The lowest BCUT2D eigenvalue weighted by molar-refractivity contribution is 0.475. The van der Waals surface area contributed by atoms with Gasteiger partial charge in [0.15, 0.2) is 0 Å². The molecule has 0 radical (unpaired) electrons. The monoisotopic (exact) mass is 334 g/mol. The molecular formula is C22H26N2O. The lowest BCUT2D eigenvalue weighted by Gasteiger charge is -2.46. The van der Waals surface area contributed by atoms with E-state index < -0.39 is 0 Å². The second-order valence-corrected chi connectivity index (χ2v) is 7.50. The molecule has 2 aromatic carbocycles. The molecular weight excluding hydrogens is 308 g/mol. The van der Waals surface area contributed by atoms with Crippen LogP contribution in [0.25, 0.3) is 5.57 Å². The fraction of sp³-hybridized carbons (Fsp3) is 0.318. The predicted molar refractivity (Wildman–Crippen MR) is 107 cm³/mol. The summed E-state index contributed by atoms with van der Waals surface area (Å²) in [5, 5.41) is 9.35. The van der Waals surface area contributed by atoms with Crippen molar-refractivity contribution >= 4 is 23.2 Å². The maximum absolute atomic E-state index is 9.35. The van der Waals surface area contributed by atoms with E-state index in [0.717, 1.165) is 11.3 Å². The van der Waals surface area contributed by atoms with Gasteiger partial charge in [0, 0.05) is 23.5 Å². The molecule has 0 saturated heterocycles. The molecule has 3 rings (SSSR count). The highest BCUT2D eigenvalue weighted by Crippen LogP contribution is 2.40. The van der Waals surface area contributed by atoms with Crippen molar-refractivity contribution in [3.05, 3.63) is 59.7 Å². The molecule has 0 amide bonds. The smallest absolute Gasteiger partial charge is 0.115 e. The average Bonchev–Trinajstić information content (AvgIpc) is 2.53. The SMILES string of the molecule is CC1=CC(C)(C)N(C(C)C)c2ccc(C=Nc3ccc(O)cc3)cc21. The number of rotatable bonds is 3. The number of aliphatic imine (C=N–C) groups is 1. The number of nitrogens with zero attached hydrogens (tertiary/aromatic N) is 2. The van der Waals surface area contributed by atoms with E-state index in [2.05, 4.69) is 68.8 Å². The Balaban J connectivity index is 1.96. The van der Waals surface area contributed by atoms with Crippen molar-refractivity contribution in [2.24, 2.45) is 4.99 Å². The van der Waals surface area contributed by atoms with E-state index in [-0.39, 0.29) is 11.3 Å². The molecule has 0 aromatic heterocycles. The first-order valence-electron chi connectivity index (χ1n) is 8.74. The van der Waals surface area contributed by atoms with Crippen LogP contribution < -0.4 is 4.90 Å². The molecule has 1 N–H and O–H groups in total. The van der Waals surface area contributed by atoms with Crippen molar-refractivity contribution in [3.63, 3.8) is 0 Å². The predicted octanol–water partition coefficient (Wildman–Crippen LogP) is 5.55. The van der Waals surface area contributed by atoms with Gasteiger partial charge in [0.1, 0.15) is 5.75 Å². The summed E-state index contributed by atoms with van der Waals surface area (Å²) in [7, 11) is 0. The Morgan fingerprint density at radius 2 is 1.76 bits per heavy atom. The molecule has 0 saturated carbocycles. The second kappa shape index (κ2) is 6.40. The van der Waals surface area contributed by atoms with Crippen molar-refractivity contribution in [3.8, 4) is 5.75 Å². The minimum Gasteiger partial charge on any atom is -0.508 e. The third-order valence-corrected chi connectivity index (χ3v) is 4.62. The zero-order valence-corrected chi connectivity index (χ0v) is 15.6. The number of phenolic OH excluding ortho intramolecular Hbond substituents is 1. The first-order chi connectivity index (χ1) is 11.8. The van der Waals surface area contributed by atoms with Gasteiger partial charge in [-0.2, -0.15) is 0 Å². The Kier molecular flexibility index (Phi) is 4.42. The van der Waals surface area contributed by atoms with Crippen molar-refractivity contribution < 1.29 is 5.11 Å². The first-order valence-corrected chi connectivity index (χ1v) is 8.74. The first kappa shape index (κ1) is 17.3. The van der Waals surface area contributed by atoms with E-state index in [1.54, 1.807) is 24.3 Å². The van der Waals surface area contributed by atoms with Crippen molar-refractivity contribution in [1.29, 1.82) is 0 Å². The Hall–Kier alpha value is -2.55. The number of phenols is 1. The van der Waals surface area contributed by atoms with E-state index in [9.17, 15) is 5.11 Å². The summed E-state index contributed by atoms with van der Waals surface area (Å²) < 4.78 is 0. The fourth-order valence-corrected chi connectivity index (χ4v) is 3.78.